The quantitative estimate of drug-likeness (QED) is 0.780. The Bertz CT molecular complexity index is 281. The number of nitrogens with one attached hydrogen (secondary N) is 1. The Morgan fingerprint density at radius 1 is 1.28 bits per heavy atom. The summed E-state index contributed by atoms with van der Waals surface area (Å²) >= 11 is 0. The van der Waals surface area contributed by atoms with Gasteiger partial charge in [-0.2, -0.15) is 0 Å². The fraction of sp³-hybridized carbons (Fsp3) is 1.00. The lowest BCUT2D eigenvalue weighted by Crippen LogP contribution is -2.45. The largest absolute Gasteiger partial charge is 0.313 e. The lowest BCUT2D eigenvalue weighted by atomic mass is 9.90. The van der Waals surface area contributed by atoms with Crippen LogP contribution in [-0.2, 0) is 0 Å². The maximum absolute atomic E-state index is 3.89. The second kappa shape index (κ2) is 5.13. The van der Waals surface area contributed by atoms with Crippen LogP contribution in [0.4, 0.5) is 0 Å². The van der Waals surface area contributed by atoms with E-state index in [2.05, 4.69) is 24.1 Å². The van der Waals surface area contributed by atoms with Crippen molar-refractivity contribution in [2.24, 2.45) is 17.3 Å². The van der Waals surface area contributed by atoms with Crippen LogP contribution < -0.4 is 5.32 Å². The minimum Gasteiger partial charge on any atom is -0.313 e. The van der Waals surface area contributed by atoms with Crippen LogP contribution in [0.1, 0.15) is 52.4 Å². The van der Waals surface area contributed by atoms with E-state index >= 15 is 0 Å². The lowest BCUT2D eigenvalue weighted by Gasteiger charge is -2.36. The van der Waals surface area contributed by atoms with Gasteiger partial charge in [0.15, 0.2) is 0 Å². The zero-order chi connectivity index (χ0) is 12.6. The maximum atomic E-state index is 3.89. The first-order valence-corrected chi connectivity index (χ1v) is 8.19. The molecule has 0 aromatic heterocycles. The summed E-state index contributed by atoms with van der Waals surface area (Å²) in [5.74, 6) is 1.98. The maximum Gasteiger partial charge on any atom is 0.00794 e. The molecule has 3 fully saturated rings. The van der Waals surface area contributed by atoms with Crippen LogP contribution in [0.3, 0.4) is 0 Å². The van der Waals surface area contributed by atoms with E-state index in [1.807, 2.05) is 0 Å². The third kappa shape index (κ3) is 2.75. The Balaban J connectivity index is 1.44. The highest BCUT2D eigenvalue weighted by Crippen LogP contribution is 2.60. The van der Waals surface area contributed by atoms with E-state index in [9.17, 15) is 0 Å². The number of rotatable bonds is 6. The second-order valence-electron chi connectivity index (χ2n) is 7.10. The molecule has 1 aliphatic heterocycles. The normalized spacial score (nSPS) is 33.3. The number of nitrogens with zero attached hydrogens (tertiary/aromatic N) is 1. The van der Waals surface area contributed by atoms with E-state index < -0.39 is 0 Å². The predicted octanol–water partition coefficient (Wildman–Crippen LogP) is 2.89. The van der Waals surface area contributed by atoms with Crippen molar-refractivity contribution in [1.29, 1.82) is 0 Å². The van der Waals surface area contributed by atoms with Crippen LogP contribution in [0.5, 0.6) is 0 Å². The van der Waals surface area contributed by atoms with Gasteiger partial charge in [0.1, 0.15) is 0 Å². The molecule has 2 saturated carbocycles. The zero-order valence-electron chi connectivity index (χ0n) is 12.3. The summed E-state index contributed by atoms with van der Waals surface area (Å²) in [5, 5.41) is 3.89. The molecule has 1 N–H and O–H groups in total. The standard InChI is InChI=1S/C16H30N2/c1-3-18-10-4-5-14(11-18)13(2)17-12-16(8-9-16)15-6-7-15/h13-15,17H,3-12H2,1-2H3. The Morgan fingerprint density at radius 2 is 2.06 bits per heavy atom. The van der Waals surface area contributed by atoms with E-state index in [-0.39, 0.29) is 0 Å². The fourth-order valence-electron chi connectivity index (χ4n) is 3.90. The Morgan fingerprint density at radius 3 is 2.67 bits per heavy atom. The Labute approximate surface area is 113 Å². The minimum absolute atomic E-state index is 0.718. The van der Waals surface area contributed by atoms with Crippen molar-refractivity contribution in [3.63, 3.8) is 0 Å². The van der Waals surface area contributed by atoms with Crippen molar-refractivity contribution in [3.8, 4) is 0 Å². The summed E-state index contributed by atoms with van der Waals surface area (Å²) in [6, 6.07) is 0.718. The molecule has 3 rings (SSSR count). The van der Waals surface area contributed by atoms with Crippen molar-refractivity contribution in [2.45, 2.75) is 58.4 Å². The van der Waals surface area contributed by atoms with Gasteiger partial charge >= 0.3 is 0 Å². The topological polar surface area (TPSA) is 15.3 Å². The molecule has 2 aliphatic carbocycles. The van der Waals surface area contributed by atoms with Gasteiger partial charge in [-0.15, -0.1) is 0 Å². The van der Waals surface area contributed by atoms with Gasteiger partial charge in [0.2, 0.25) is 0 Å². The van der Waals surface area contributed by atoms with Gasteiger partial charge in [-0.3, -0.25) is 0 Å². The summed E-state index contributed by atoms with van der Waals surface area (Å²) in [7, 11) is 0. The van der Waals surface area contributed by atoms with E-state index in [4.69, 9.17) is 0 Å². The average Bonchev–Trinajstić information content (AvgIpc) is 3.28. The molecule has 104 valence electrons. The van der Waals surface area contributed by atoms with Crippen LogP contribution in [0.15, 0.2) is 0 Å². The Kier molecular flexibility index (Phi) is 3.68. The third-order valence-corrected chi connectivity index (χ3v) is 5.81. The van der Waals surface area contributed by atoms with Gasteiger partial charge < -0.3 is 10.2 Å². The molecule has 0 spiro atoms. The zero-order valence-corrected chi connectivity index (χ0v) is 12.3. The lowest BCUT2D eigenvalue weighted by molar-refractivity contribution is 0.153. The first kappa shape index (κ1) is 12.9. The molecule has 1 saturated heterocycles. The van der Waals surface area contributed by atoms with Gasteiger partial charge in [0, 0.05) is 19.1 Å². The van der Waals surface area contributed by atoms with Gasteiger partial charge in [-0.05, 0) is 75.8 Å². The summed E-state index contributed by atoms with van der Waals surface area (Å²) < 4.78 is 0. The number of likely N-dealkylation sites (tertiary alicyclic amines) is 1. The molecule has 0 aromatic carbocycles. The highest BCUT2D eigenvalue weighted by atomic mass is 15.1. The molecule has 2 nitrogen and oxygen atoms in total. The van der Waals surface area contributed by atoms with Crippen molar-refractivity contribution >= 4 is 0 Å². The summed E-state index contributed by atoms with van der Waals surface area (Å²) in [6.45, 7) is 9.91. The summed E-state index contributed by atoms with van der Waals surface area (Å²) in [5.41, 5.74) is 0.757. The monoisotopic (exact) mass is 250 g/mol. The van der Waals surface area contributed by atoms with Gasteiger partial charge in [-0.1, -0.05) is 6.92 Å². The molecule has 2 atom stereocenters. The molecular formula is C16H30N2. The van der Waals surface area contributed by atoms with Crippen molar-refractivity contribution in [2.75, 3.05) is 26.2 Å². The van der Waals surface area contributed by atoms with Gasteiger partial charge in [-0.25, -0.2) is 0 Å². The molecule has 18 heavy (non-hydrogen) atoms. The first-order chi connectivity index (χ1) is 8.73. The van der Waals surface area contributed by atoms with Crippen LogP contribution in [0.25, 0.3) is 0 Å². The highest BCUT2D eigenvalue weighted by molar-refractivity contribution is 5.05. The van der Waals surface area contributed by atoms with Crippen molar-refractivity contribution in [3.05, 3.63) is 0 Å². The molecule has 2 unspecified atom stereocenters. The summed E-state index contributed by atoms with van der Waals surface area (Å²) in [6.07, 6.45) is 8.87. The van der Waals surface area contributed by atoms with Gasteiger partial charge in [0.25, 0.3) is 0 Å². The molecule has 0 radical (unpaired) electrons. The van der Waals surface area contributed by atoms with E-state index in [0.29, 0.717) is 0 Å². The number of hydrogen-bond donors (Lipinski definition) is 1. The molecule has 3 aliphatic rings. The SMILES string of the molecule is CCN1CCCC(C(C)NCC2(C3CC3)CC2)C1. The van der Waals surface area contributed by atoms with E-state index in [1.165, 1.54) is 64.7 Å². The van der Waals surface area contributed by atoms with Crippen LogP contribution in [0.2, 0.25) is 0 Å². The molecule has 1 heterocycles. The van der Waals surface area contributed by atoms with E-state index in [1.54, 1.807) is 0 Å². The molecular weight excluding hydrogens is 220 g/mol. The molecule has 0 bridgehead atoms. The Hall–Kier alpha value is -0.0800. The van der Waals surface area contributed by atoms with E-state index in [0.717, 1.165) is 23.3 Å². The second-order valence-corrected chi connectivity index (χ2v) is 7.10. The number of piperidine rings is 1. The van der Waals surface area contributed by atoms with Crippen LogP contribution in [-0.4, -0.2) is 37.1 Å². The molecule has 0 amide bonds. The van der Waals surface area contributed by atoms with Crippen LogP contribution >= 0.6 is 0 Å². The number of hydrogen-bond acceptors (Lipinski definition) is 2. The average molecular weight is 250 g/mol. The fourth-order valence-corrected chi connectivity index (χ4v) is 3.90. The van der Waals surface area contributed by atoms with Crippen LogP contribution in [0, 0.1) is 17.3 Å². The van der Waals surface area contributed by atoms with Gasteiger partial charge in [0.05, 0.1) is 0 Å². The highest BCUT2D eigenvalue weighted by Gasteiger charge is 2.53. The minimum atomic E-state index is 0.718. The van der Waals surface area contributed by atoms with Crippen molar-refractivity contribution in [1.82, 2.24) is 10.2 Å². The first-order valence-electron chi connectivity index (χ1n) is 8.19. The smallest absolute Gasteiger partial charge is 0.00794 e. The van der Waals surface area contributed by atoms with Crippen molar-refractivity contribution < 1.29 is 0 Å². The predicted molar refractivity (Wildman–Crippen MR) is 76.7 cm³/mol. The molecule has 0 aromatic rings. The summed E-state index contributed by atoms with van der Waals surface area (Å²) in [4.78, 5) is 2.63. The third-order valence-electron chi connectivity index (χ3n) is 5.81. The molecule has 2 heteroatoms.